The van der Waals surface area contributed by atoms with E-state index in [1.807, 2.05) is 89.5 Å². The number of thioether (sulfide) groups is 1. The van der Waals surface area contributed by atoms with Crippen LogP contribution < -0.4 is 5.32 Å². The van der Waals surface area contributed by atoms with Gasteiger partial charge in [-0.25, -0.2) is 0 Å². The van der Waals surface area contributed by atoms with E-state index in [0.717, 1.165) is 33.5 Å². The highest BCUT2D eigenvalue weighted by molar-refractivity contribution is 7.99. The standard InChI is InChI=1S/C27H21ClN4OS/c28-21-13-15-22(16-14-21)32-25(17-19-7-2-1-3-8-19)30-31-27(32)34-18-26(33)29-24-12-6-10-20-9-4-5-11-23(20)24/h1-16H,17-18H2,(H,29,33). The number of aromatic nitrogens is 3. The van der Waals surface area contributed by atoms with Gasteiger partial charge in [-0.2, -0.15) is 0 Å². The van der Waals surface area contributed by atoms with Crippen molar-refractivity contribution >= 4 is 45.7 Å². The van der Waals surface area contributed by atoms with Crippen LogP contribution in [0.5, 0.6) is 0 Å². The lowest BCUT2D eigenvalue weighted by atomic mass is 10.1. The summed E-state index contributed by atoms with van der Waals surface area (Å²) in [6, 6.07) is 31.5. The summed E-state index contributed by atoms with van der Waals surface area (Å²) in [6.45, 7) is 0. The van der Waals surface area contributed by atoms with Crippen LogP contribution in [0.4, 0.5) is 5.69 Å². The molecule has 5 rings (SSSR count). The van der Waals surface area contributed by atoms with Crippen LogP contribution in [0.1, 0.15) is 11.4 Å². The van der Waals surface area contributed by atoms with Gasteiger partial charge in [0.1, 0.15) is 5.82 Å². The Hall–Kier alpha value is -3.61. The van der Waals surface area contributed by atoms with Gasteiger partial charge in [0.2, 0.25) is 5.91 Å². The van der Waals surface area contributed by atoms with Gasteiger partial charge in [0, 0.05) is 28.2 Å². The van der Waals surface area contributed by atoms with Crippen molar-refractivity contribution in [1.82, 2.24) is 14.8 Å². The van der Waals surface area contributed by atoms with Crippen molar-refractivity contribution in [3.8, 4) is 5.69 Å². The molecule has 0 aliphatic rings. The molecule has 34 heavy (non-hydrogen) atoms. The van der Waals surface area contributed by atoms with Gasteiger partial charge < -0.3 is 5.32 Å². The van der Waals surface area contributed by atoms with Crippen LogP contribution in [0, 0.1) is 0 Å². The molecule has 0 fully saturated rings. The molecule has 0 saturated heterocycles. The Morgan fingerprint density at radius 2 is 1.59 bits per heavy atom. The monoisotopic (exact) mass is 484 g/mol. The van der Waals surface area contributed by atoms with E-state index in [2.05, 4.69) is 27.6 Å². The van der Waals surface area contributed by atoms with Gasteiger partial charge in [0.15, 0.2) is 5.16 Å². The first-order valence-electron chi connectivity index (χ1n) is 10.8. The number of hydrogen-bond acceptors (Lipinski definition) is 4. The summed E-state index contributed by atoms with van der Waals surface area (Å²) < 4.78 is 1.99. The number of rotatable bonds is 7. The number of hydrogen-bond donors (Lipinski definition) is 1. The number of nitrogens with zero attached hydrogens (tertiary/aromatic N) is 3. The summed E-state index contributed by atoms with van der Waals surface area (Å²) >= 11 is 7.46. The molecular weight excluding hydrogens is 464 g/mol. The van der Waals surface area contributed by atoms with E-state index in [-0.39, 0.29) is 11.7 Å². The Morgan fingerprint density at radius 1 is 0.853 bits per heavy atom. The minimum atomic E-state index is -0.100. The topological polar surface area (TPSA) is 59.8 Å². The first-order valence-corrected chi connectivity index (χ1v) is 12.2. The summed E-state index contributed by atoms with van der Waals surface area (Å²) in [6.07, 6.45) is 0.624. The lowest BCUT2D eigenvalue weighted by Gasteiger charge is -2.11. The highest BCUT2D eigenvalue weighted by Gasteiger charge is 2.17. The molecule has 0 spiro atoms. The Kier molecular flexibility index (Phi) is 6.60. The third-order valence-corrected chi connectivity index (χ3v) is 6.57. The summed E-state index contributed by atoms with van der Waals surface area (Å²) in [5, 5.41) is 15.3. The molecular formula is C27H21ClN4OS. The first kappa shape index (κ1) is 22.2. The summed E-state index contributed by atoms with van der Waals surface area (Å²) in [5.41, 5.74) is 2.83. The third kappa shape index (κ3) is 4.98. The maximum atomic E-state index is 12.8. The lowest BCUT2D eigenvalue weighted by Crippen LogP contribution is -2.15. The molecule has 5 aromatic rings. The lowest BCUT2D eigenvalue weighted by molar-refractivity contribution is -0.113. The predicted molar refractivity (Wildman–Crippen MR) is 139 cm³/mol. The predicted octanol–water partition coefficient (Wildman–Crippen LogP) is 6.40. The van der Waals surface area contributed by atoms with Crippen LogP contribution in [0.25, 0.3) is 16.5 Å². The van der Waals surface area contributed by atoms with Gasteiger partial charge in [0.05, 0.1) is 5.75 Å². The van der Waals surface area contributed by atoms with Gasteiger partial charge in [-0.3, -0.25) is 9.36 Å². The number of carbonyl (C=O) groups is 1. The molecule has 1 amide bonds. The van der Waals surface area contributed by atoms with Crippen LogP contribution in [0.15, 0.2) is 102 Å². The van der Waals surface area contributed by atoms with Gasteiger partial charge in [-0.1, -0.05) is 90.1 Å². The van der Waals surface area contributed by atoms with Crippen LogP contribution in [0.2, 0.25) is 5.02 Å². The minimum Gasteiger partial charge on any atom is -0.325 e. The molecule has 168 valence electrons. The summed E-state index contributed by atoms with van der Waals surface area (Å²) in [7, 11) is 0. The second-order valence-electron chi connectivity index (χ2n) is 7.74. The Morgan fingerprint density at radius 3 is 2.41 bits per heavy atom. The quantitative estimate of drug-likeness (QED) is 0.272. The molecule has 0 atom stereocenters. The van der Waals surface area contributed by atoms with Crippen molar-refractivity contribution in [2.45, 2.75) is 11.6 Å². The average molecular weight is 485 g/mol. The highest BCUT2D eigenvalue weighted by Crippen LogP contribution is 2.26. The molecule has 0 unspecified atom stereocenters. The zero-order chi connectivity index (χ0) is 23.3. The van der Waals surface area contributed by atoms with E-state index >= 15 is 0 Å². The zero-order valence-corrected chi connectivity index (χ0v) is 19.8. The largest absolute Gasteiger partial charge is 0.325 e. The fourth-order valence-corrected chi connectivity index (χ4v) is 4.68. The Bertz CT molecular complexity index is 1430. The fourth-order valence-electron chi connectivity index (χ4n) is 3.79. The van der Waals surface area contributed by atoms with E-state index in [4.69, 9.17) is 11.6 Å². The van der Waals surface area contributed by atoms with Crippen molar-refractivity contribution in [1.29, 1.82) is 0 Å². The second kappa shape index (κ2) is 10.1. The van der Waals surface area contributed by atoms with E-state index in [1.54, 1.807) is 0 Å². The number of halogens is 1. The van der Waals surface area contributed by atoms with Gasteiger partial charge in [-0.15, -0.1) is 10.2 Å². The van der Waals surface area contributed by atoms with E-state index in [1.165, 1.54) is 11.8 Å². The van der Waals surface area contributed by atoms with E-state index in [0.29, 0.717) is 16.6 Å². The van der Waals surface area contributed by atoms with Crippen molar-refractivity contribution in [3.05, 3.63) is 113 Å². The number of anilines is 1. The van der Waals surface area contributed by atoms with Crippen LogP contribution in [-0.2, 0) is 11.2 Å². The van der Waals surface area contributed by atoms with Crippen LogP contribution >= 0.6 is 23.4 Å². The number of benzene rings is 4. The molecule has 4 aromatic carbocycles. The van der Waals surface area contributed by atoms with Crippen molar-refractivity contribution in [3.63, 3.8) is 0 Å². The fraction of sp³-hybridized carbons (Fsp3) is 0.0741. The summed E-state index contributed by atoms with van der Waals surface area (Å²) in [5.74, 6) is 0.905. The SMILES string of the molecule is O=C(CSc1nnc(Cc2ccccc2)n1-c1ccc(Cl)cc1)Nc1cccc2ccccc12. The molecule has 1 N–H and O–H groups in total. The molecule has 0 saturated carbocycles. The molecule has 0 aliphatic carbocycles. The number of amides is 1. The maximum Gasteiger partial charge on any atom is 0.234 e. The number of carbonyl (C=O) groups excluding carboxylic acids is 1. The Labute approximate surface area is 206 Å². The molecule has 0 aliphatic heterocycles. The molecule has 1 aromatic heterocycles. The minimum absolute atomic E-state index is 0.100. The van der Waals surface area contributed by atoms with E-state index in [9.17, 15) is 4.79 Å². The zero-order valence-electron chi connectivity index (χ0n) is 18.2. The van der Waals surface area contributed by atoms with Crippen molar-refractivity contribution < 1.29 is 4.79 Å². The molecule has 1 heterocycles. The van der Waals surface area contributed by atoms with Crippen LogP contribution in [0.3, 0.4) is 0 Å². The maximum absolute atomic E-state index is 12.8. The smallest absolute Gasteiger partial charge is 0.234 e. The third-order valence-electron chi connectivity index (χ3n) is 5.39. The normalized spacial score (nSPS) is 11.0. The molecule has 5 nitrogen and oxygen atoms in total. The number of nitrogens with one attached hydrogen (secondary N) is 1. The second-order valence-corrected chi connectivity index (χ2v) is 9.12. The highest BCUT2D eigenvalue weighted by atomic mass is 35.5. The average Bonchev–Trinajstić information content (AvgIpc) is 3.26. The molecule has 7 heteroatoms. The van der Waals surface area contributed by atoms with Crippen LogP contribution in [-0.4, -0.2) is 26.4 Å². The Balaban J connectivity index is 1.37. The summed E-state index contributed by atoms with van der Waals surface area (Å²) in [4.78, 5) is 12.8. The molecule has 0 radical (unpaired) electrons. The van der Waals surface area contributed by atoms with Gasteiger partial charge >= 0.3 is 0 Å². The van der Waals surface area contributed by atoms with Gasteiger partial charge in [0.25, 0.3) is 0 Å². The number of fused-ring (bicyclic) bond motifs is 1. The van der Waals surface area contributed by atoms with E-state index < -0.39 is 0 Å². The van der Waals surface area contributed by atoms with Crippen molar-refractivity contribution in [2.75, 3.05) is 11.1 Å². The van der Waals surface area contributed by atoms with Crippen molar-refractivity contribution in [2.24, 2.45) is 0 Å². The first-order chi connectivity index (χ1) is 16.7. The molecule has 0 bridgehead atoms. The van der Waals surface area contributed by atoms with Gasteiger partial charge in [-0.05, 0) is 41.3 Å².